The maximum atomic E-state index is 8.80. The van der Waals surface area contributed by atoms with Crippen LogP contribution in [0.5, 0.6) is 0 Å². The SMILES string of the molecule is CCCCC(C)OC(C)O. The lowest BCUT2D eigenvalue weighted by atomic mass is 10.2. The molecule has 0 heterocycles. The first-order valence-electron chi connectivity index (χ1n) is 4.00. The molecule has 0 rings (SSSR count). The molecule has 1 N–H and O–H groups in total. The van der Waals surface area contributed by atoms with Crippen LogP contribution in [0, 0.1) is 0 Å². The summed E-state index contributed by atoms with van der Waals surface area (Å²) in [6.45, 7) is 5.78. The van der Waals surface area contributed by atoms with Gasteiger partial charge in [-0.1, -0.05) is 19.8 Å². The highest BCUT2D eigenvalue weighted by molar-refractivity contribution is 4.49. The lowest BCUT2D eigenvalue weighted by Crippen LogP contribution is -2.15. The first kappa shape index (κ1) is 9.92. The van der Waals surface area contributed by atoms with Gasteiger partial charge in [0.25, 0.3) is 0 Å². The van der Waals surface area contributed by atoms with Crippen LogP contribution >= 0.6 is 0 Å². The Morgan fingerprint density at radius 1 is 1.40 bits per heavy atom. The minimum atomic E-state index is -0.619. The lowest BCUT2D eigenvalue weighted by Gasteiger charge is -2.13. The van der Waals surface area contributed by atoms with Gasteiger partial charge in [-0.15, -0.1) is 0 Å². The number of ether oxygens (including phenoxy) is 1. The molecule has 0 aromatic rings. The largest absolute Gasteiger partial charge is 0.368 e. The van der Waals surface area contributed by atoms with Crippen molar-refractivity contribution in [3.63, 3.8) is 0 Å². The van der Waals surface area contributed by atoms with Crippen molar-refractivity contribution < 1.29 is 9.84 Å². The Morgan fingerprint density at radius 3 is 2.40 bits per heavy atom. The minimum Gasteiger partial charge on any atom is -0.368 e. The predicted octanol–water partition coefficient (Wildman–Crippen LogP) is 1.92. The van der Waals surface area contributed by atoms with Gasteiger partial charge in [-0.05, 0) is 20.3 Å². The maximum absolute atomic E-state index is 8.80. The number of hydrogen-bond donors (Lipinski definition) is 1. The summed E-state index contributed by atoms with van der Waals surface area (Å²) < 4.78 is 5.11. The fourth-order valence-corrected chi connectivity index (χ4v) is 0.896. The molecule has 2 nitrogen and oxygen atoms in total. The standard InChI is InChI=1S/C8H18O2/c1-4-5-6-7(2)10-8(3)9/h7-9H,4-6H2,1-3H3. The van der Waals surface area contributed by atoms with E-state index in [-0.39, 0.29) is 6.10 Å². The zero-order valence-electron chi connectivity index (χ0n) is 7.13. The first-order chi connectivity index (χ1) is 4.66. The van der Waals surface area contributed by atoms with E-state index in [0.717, 1.165) is 6.42 Å². The van der Waals surface area contributed by atoms with Crippen molar-refractivity contribution in [1.29, 1.82) is 0 Å². The van der Waals surface area contributed by atoms with Gasteiger partial charge in [0, 0.05) is 0 Å². The third kappa shape index (κ3) is 6.05. The van der Waals surface area contributed by atoms with Crippen LogP contribution in [0.25, 0.3) is 0 Å². The van der Waals surface area contributed by atoms with E-state index in [4.69, 9.17) is 9.84 Å². The molecular formula is C8H18O2. The molecule has 10 heavy (non-hydrogen) atoms. The smallest absolute Gasteiger partial charge is 0.152 e. The van der Waals surface area contributed by atoms with Gasteiger partial charge in [0.1, 0.15) is 0 Å². The minimum absolute atomic E-state index is 0.194. The van der Waals surface area contributed by atoms with Gasteiger partial charge in [-0.2, -0.15) is 0 Å². The molecule has 0 amide bonds. The quantitative estimate of drug-likeness (QED) is 0.600. The van der Waals surface area contributed by atoms with E-state index >= 15 is 0 Å². The third-order valence-electron chi connectivity index (χ3n) is 1.39. The van der Waals surface area contributed by atoms with Crippen molar-refractivity contribution in [2.75, 3.05) is 0 Å². The van der Waals surface area contributed by atoms with Gasteiger partial charge < -0.3 is 9.84 Å². The average Bonchev–Trinajstić information content (AvgIpc) is 1.82. The molecule has 0 aromatic carbocycles. The highest BCUT2D eigenvalue weighted by Gasteiger charge is 2.03. The Kier molecular flexibility index (Phi) is 5.64. The Hall–Kier alpha value is -0.0800. The fourth-order valence-electron chi connectivity index (χ4n) is 0.896. The van der Waals surface area contributed by atoms with Crippen LogP contribution < -0.4 is 0 Å². The Labute approximate surface area is 63.2 Å². The van der Waals surface area contributed by atoms with Crippen molar-refractivity contribution >= 4 is 0 Å². The highest BCUT2D eigenvalue weighted by atomic mass is 16.6. The molecule has 0 saturated carbocycles. The van der Waals surface area contributed by atoms with Gasteiger partial charge in [0.15, 0.2) is 6.29 Å². The van der Waals surface area contributed by atoms with Crippen molar-refractivity contribution in [2.45, 2.75) is 52.4 Å². The lowest BCUT2D eigenvalue weighted by molar-refractivity contribution is -0.120. The molecule has 0 spiro atoms. The molecule has 0 radical (unpaired) electrons. The van der Waals surface area contributed by atoms with Crippen LogP contribution in [0.4, 0.5) is 0 Å². The number of hydrogen-bond acceptors (Lipinski definition) is 2. The monoisotopic (exact) mass is 146 g/mol. The van der Waals surface area contributed by atoms with E-state index < -0.39 is 6.29 Å². The molecule has 2 atom stereocenters. The molecule has 0 aliphatic carbocycles. The number of unbranched alkanes of at least 4 members (excludes halogenated alkanes) is 1. The van der Waals surface area contributed by atoms with E-state index in [2.05, 4.69) is 6.92 Å². The predicted molar refractivity (Wildman–Crippen MR) is 41.8 cm³/mol. The Morgan fingerprint density at radius 2 is 2.00 bits per heavy atom. The second kappa shape index (κ2) is 5.69. The number of rotatable bonds is 5. The van der Waals surface area contributed by atoms with Gasteiger partial charge in [-0.25, -0.2) is 0 Å². The van der Waals surface area contributed by atoms with Crippen molar-refractivity contribution in [3.05, 3.63) is 0 Å². The summed E-state index contributed by atoms with van der Waals surface area (Å²) in [5, 5.41) is 8.80. The average molecular weight is 146 g/mol. The third-order valence-corrected chi connectivity index (χ3v) is 1.39. The topological polar surface area (TPSA) is 29.5 Å². The maximum Gasteiger partial charge on any atom is 0.152 e. The molecule has 2 heteroatoms. The normalized spacial score (nSPS) is 16.8. The summed E-state index contributed by atoms with van der Waals surface area (Å²) in [6, 6.07) is 0. The molecule has 2 unspecified atom stereocenters. The van der Waals surface area contributed by atoms with Crippen LogP contribution in [0.1, 0.15) is 40.0 Å². The summed E-state index contributed by atoms with van der Waals surface area (Å²) >= 11 is 0. The van der Waals surface area contributed by atoms with Gasteiger partial charge in [0.05, 0.1) is 6.10 Å². The molecule has 0 bridgehead atoms. The molecule has 0 aliphatic rings. The first-order valence-corrected chi connectivity index (χ1v) is 4.00. The number of aliphatic hydroxyl groups excluding tert-OH is 1. The van der Waals surface area contributed by atoms with E-state index in [9.17, 15) is 0 Å². The molecule has 62 valence electrons. The van der Waals surface area contributed by atoms with E-state index in [1.165, 1.54) is 12.8 Å². The zero-order valence-corrected chi connectivity index (χ0v) is 7.13. The molecule has 0 aromatic heterocycles. The summed E-state index contributed by atoms with van der Waals surface area (Å²) in [4.78, 5) is 0. The fraction of sp³-hybridized carbons (Fsp3) is 1.00. The van der Waals surface area contributed by atoms with Crippen LogP contribution in [-0.4, -0.2) is 17.5 Å². The Bertz CT molecular complexity index is 71.7. The van der Waals surface area contributed by atoms with Crippen molar-refractivity contribution in [1.82, 2.24) is 0 Å². The number of aliphatic hydroxyl groups is 1. The summed E-state index contributed by atoms with van der Waals surface area (Å²) in [5.74, 6) is 0. The van der Waals surface area contributed by atoms with Gasteiger partial charge in [0.2, 0.25) is 0 Å². The van der Waals surface area contributed by atoms with E-state index in [0.29, 0.717) is 0 Å². The second-order valence-electron chi connectivity index (χ2n) is 2.69. The molecule has 0 aliphatic heterocycles. The molecular weight excluding hydrogens is 128 g/mol. The van der Waals surface area contributed by atoms with Crippen molar-refractivity contribution in [2.24, 2.45) is 0 Å². The van der Waals surface area contributed by atoms with E-state index in [1.54, 1.807) is 6.92 Å². The molecule has 0 saturated heterocycles. The van der Waals surface area contributed by atoms with Crippen molar-refractivity contribution in [3.8, 4) is 0 Å². The van der Waals surface area contributed by atoms with Crippen LogP contribution in [0.2, 0.25) is 0 Å². The zero-order chi connectivity index (χ0) is 7.98. The molecule has 0 fully saturated rings. The van der Waals surface area contributed by atoms with Gasteiger partial charge in [-0.3, -0.25) is 0 Å². The van der Waals surface area contributed by atoms with Crippen LogP contribution in [0.3, 0.4) is 0 Å². The van der Waals surface area contributed by atoms with E-state index in [1.807, 2.05) is 6.92 Å². The summed E-state index contributed by atoms with van der Waals surface area (Å²) in [5.41, 5.74) is 0. The second-order valence-corrected chi connectivity index (χ2v) is 2.69. The summed E-state index contributed by atoms with van der Waals surface area (Å²) in [6.07, 6.45) is 2.98. The summed E-state index contributed by atoms with van der Waals surface area (Å²) in [7, 11) is 0. The van der Waals surface area contributed by atoms with Crippen LogP contribution in [-0.2, 0) is 4.74 Å². The van der Waals surface area contributed by atoms with Gasteiger partial charge >= 0.3 is 0 Å². The highest BCUT2D eigenvalue weighted by Crippen LogP contribution is 2.04. The van der Waals surface area contributed by atoms with Crippen LogP contribution in [0.15, 0.2) is 0 Å². The Balaban J connectivity index is 3.16.